The van der Waals surface area contributed by atoms with Gasteiger partial charge in [0, 0.05) is 69.9 Å². The summed E-state index contributed by atoms with van der Waals surface area (Å²) in [6.07, 6.45) is 2.39. The molecule has 37 heavy (non-hydrogen) atoms. The highest BCUT2D eigenvalue weighted by Crippen LogP contribution is 2.25. The SMILES string of the molecule is CC(=O)N1CCC(C(=O)Nc2ccc3c(c2)CCN(CC(O)CN2CCc4ccccc4C2)C3=O)CC1. The minimum atomic E-state index is -0.608. The predicted molar refractivity (Wildman–Crippen MR) is 141 cm³/mol. The van der Waals surface area contributed by atoms with Crippen molar-refractivity contribution in [3.8, 4) is 0 Å². The molecule has 0 aliphatic carbocycles. The summed E-state index contributed by atoms with van der Waals surface area (Å²) in [5.41, 5.74) is 4.95. The molecule has 2 aromatic carbocycles. The lowest BCUT2D eigenvalue weighted by atomic mass is 9.95. The topological polar surface area (TPSA) is 93.2 Å². The predicted octanol–water partition coefficient (Wildman–Crippen LogP) is 2.30. The Hall–Kier alpha value is -3.23. The molecule has 2 aromatic rings. The van der Waals surface area contributed by atoms with Gasteiger partial charge < -0.3 is 20.2 Å². The molecule has 8 heteroatoms. The van der Waals surface area contributed by atoms with E-state index in [1.165, 1.54) is 11.1 Å². The molecule has 3 heterocycles. The van der Waals surface area contributed by atoms with Gasteiger partial charge in [-0.25, -0.2) is 0 Å². The summed E-state index contributed by atoms with van der Waals surface area (Å²) in [5, 5.41) is 13.8. The number of hydrogen-bond acceptors (Lipinski definition) is 5. The van der Waals surface area contributed by atoms with Crippen molar-refractivity contribution in [2.75, 3.05) is 44.6 Å². The maximum Gasteiger partial charge on any atom is 0.254 e. The van der Waals surface area contributed by atoms with E-state index in [-0.39, 0.29) is 23.6 Å². The van der Waals surface area contributed by atoms with Crippen LogP contribution in [0.2, 0.25) is 0 Å². The second-order valence-corrected chi connectivity index (χ2v) is 10.6. The Balaban J connectivity index is 1.14. The lowest BCUT2D eigenvalue weighted by Crippen LogP contribution is -2.46. The first kappa shape index (κ1) is 25.4. The molecule has 0 aromatic heterocycles. The highest BCUT2D eigenvalue weighted by Gasteiger charge is 2.29. The summed E-state index contributed by atoms with van der Waals surface area (Å²) in [7, 11) is 0. The fourth-order valence-corrected chi connectivity index (χ4v) is 5.81. The Kier molecular flexibility index (Phi) is 7.58. The zero-order valence-electron chi connectivity index (χ0n) is 21.5. The molecule has 196 valence electrons. The monoisotopic (exact) mass is 504 g/mol. The molecule has 0 saturated carbocycles. The Morgan fingerprint density at radius 3 is 2.46 bits per heavy atom. The zero-order valence-corrected chi connectivity index (χ0v) is 21.5. The molecule has 0 radical (unpaired) electrons. The van der Waals surface area contributed by atoms with Gasteiger partial charge in [0.15, 0.2) is 0 Å². The van der Waals surface area contributed by atoms with Crippen molar-refractivity contribution in [3.63, 3.8) is 0 Å². The standard InChI is InChI=1S/C29H36N4O4/c1-20(34)32-13-9-22(10-14-32)28(36)30-25-6-7-27-23(16-25)11-15-33(29(27)37)19-26(35)18-31-12-8-21-4-2-3-5-24(21)17-31/h2-7,16,22,26,35H,8-15,17-19H2,1H3,(H,30,36). The normalized spacial score (nSPS) is 19.2. The fraction of sp³-hybridized carbons (Fsp3) is 0.483. The lowest BCUT2D eigenvalue weighted by molar-refractivity contribution is -0.132. The van der Waals surface area contributed by atoms with E-state index in [0.717, 1.165) is 25.1 Å². The first-order valence-corrected chi connectivity index (χ1v) is 13.3. The van der Waals surface area contributed by atoms with Gasteiger partial charge in [-0.2, -0.15) is 0 Å². The van der Waals surface area contributed by atoms with E-state index < -0.39 is 6.10 Å². The number of benzene rings is 2. The number of fused-ring (bicyclic) bond motifs is 2. The number of aliphatic hydroxyl groups is 1. The number of aliphatic hydroxyl groups excluding tert-OH is 1. The van der Waals surface area contributed by atoms with Crippen LogP contribution >= 0.6 is 0 Å². The lowest BCUT2D eigenvalue weighted by Gasteiger charge is -2.34. The Bertz CT molecular complexity index is 1170. The van der Waals surface area contributed by atoms with Crippen molar-refractivity contribution in [1.82, 2.24) is 14.7 Å². The number of rotatable bonds is 6. The summed E-state index contributed by atoms with van der Waals surface area (Å²) in [6, 6.07) is 13.9. The highest BCUT2D eigenvalue weighted by atomic mass is 16.3. The van der Waals surface area contributed by atoms with Crippen molar-refractivity contribution >= 4 is 23.4 Å². The van der Waals surface area contributed by atoms with Crippen molar-refractivity contribution in [3.05, 3.63) is 64.7 Å². The first-order valence-electron chi connectivity index (χ1n) is 13.3. The quantitative estimate of drug-likeness (QED) is 0.630. The number of nitrogens with zero attached hydrogens (tertiary/aromatic N) is 3. The van der Waals surface area contributed by atoms with Crippen LogP contribution in [0.4, 0.5) is 5.69 Å². The molecule has 3 aliphatic heterocycles. The largest absolute Gasteiger partial charge is 0.390 e. The number of carbonyl (C=O) groups excluding carboxylic acids is 3. The zero-order chi connectivity index (χ0) is 25.9. The average Bonchev–Trinajstić information content (AvgIpc) is 2.90. The summed E-state index contributed by atoms with van der Waals surface area (Å²) < 4.78 is 0. The molecule has 1 saturated heterocycles. The van der Waals surface area contributed by atoms with Gasteiger partial charge in [-0.15, -0.1) is 0 Å². The van der Waals surface area contributed by atoms with Crippen LogP contribution in [0.15, 0.2) is 42.5 Å². The molecule has 5 rings (SSSR count). The number of amides is 3. The van der Waals surface area contributed by atoms with Crippen LogP contribution in [-0.4, -0.2) is 82.9 Å². The van der Waals surface area contributed by atoms with Gasteiger partial charge in [-0.3, -0.25) is 19.3 Å². The third-order valence-corrected chi connectivity index (χ3v) is 7.96. The molecule has 1 fully saturated rings. The van der Waals surface area contributed by atoms with E-state index in [4.69, 9.17) is 0 Å². The van der Waals surface area contributed by atoms with Gasteiger partial charge in [0.1, 0.15) is 0 Å². The van der Waals surface area contributed by atoms with Gasteiger partial charge in [0.05, 0.1) is 6.10 Å². The van der Waals surface area contributed by atoms with E-state index in [9.17, 15) is 19.5 Å². The number of carbonyl (C=O) groups is 3. The molecule has 2 N–H and O–H groups in total. The third-order valence-electron chi connectivity index (χ3n) is 7.96. The van der Waals surface area contributed by atoms with Crippen LogP contribution in [0.25, 0.3) is 0 Å². The van der Waals surface area contributed by atoms with E-state index in [0.29, 0.717) is 63.2 Å². The summed E-state index contributed by atoms with van der Waals surface area (Å²) in [4.78, 5) is 43.2. The minimum Gasteiger partial charge on any atom is -0.390 e. The molecule has 3 aliphatic rings. The molecular weight excluding hydrogens is 468 g/mol. The molecule has 3 amide bonds. The second kappa shape index (κ2) is 11.0. The van der Waals surface area contributed by atoms with Crippen LogP contribution < -0.4 is 5.32 Å². The smallest absolute Gasteiger partial charge is 0.254 e. The number of β-amino-alcohol motifs (C(OH)–C–C–N with tert-alkyl or cyclic N) is 1. The van der Waals surface area contributed by atoms with Crippen LogP contribution in [-0.2, 0) is 29.0 Å². The Morgan fingerprint density at radius 1 is 0.973 bits per heavy atom. The van der Waals surface area contributed by atoms with Crippen LogP contribution in [0.5, 0.6) is 0 Å². The second-order valence-electron chi connectivity index (χ2n) is 10.6. The van der Waals surface area contributed by atoms with E-state index in [1.54, 1.807) is 28.9 Å². The van der Waals surface area contributed by atoms with Crippen LogP contribution in [0.3, 0.4) is 0 Å². The maximum atomic E-state index is 13.2. The number of anilines is 1. The maximum absolute atomic E-state index is 13.2. The summed E-state index contributed by atoms with van der Waals surface area (Å²) in [5.74, 6) is -0.162. The number of hydrogen-bond donors (Lipinski definition) is 2. The van der Waals surface area contributed by atoms with Gasteiger partial charge >= 0.3 is 0 Å². The summed E-state index contributed by atoms with van der Waals surface area (Å²) >= 11 is 0. The van der Waals surface area contributed by atoms with Crippen LogP contribution in [0, 0.1) is 5.92 Å². The van der Waals surface area contributed by atoms with E-state index in [1.807, 2.05) is 6.07 Å². The average molecular weight is 505 g/mol. The van der Waals surface area contributed by atoms with Gasteiger partial charge in [0.25, 0.3) is 5.91 Å². The van der Waals surface area contributed by atoms with Crippen molar-refractivity contribution in [1.29, 1.82) is 0 Å². The van der Waals surface area contributed by atoms with E-state index in [2.05, 4.69) is 34.5 Å². The Labute approximate surface area is 218 Å². The fourth-order valence-electron chi connectivity index (χ4n) is 5.81. The van der Waals surface area contributed by atoms with Gasteiger partial charge in [-0.05, 0) is 60.6 Å². The molecule has 8 nitrogen and oxygen atoms in total. The molecule has 1 unspecified atom stereocenters. The molecule has 1 atom stereocenters. The number of piperidine rings is 1. The van der Waals surface area contributed by atoms with Gasteiger partial charge in [-0.1, -0.05) is 24.3 Å². The molecule has 0 spiro atoms. The van der Waals surface area contributed by atoms with Crippen molar-refractivity contribution < 1.29 is 19.5 Å². The third kappa shape index (κ3) is 5.86. The molecular formula is C29H36N4O4. The van der Waals surface area contributed by atoms with Crippen molar-refractivity contribution in [2.45, 2.75) is 45.3 Å². The number of likely N-dealkylation sites (tertiary alicyclic amines) is 1. The molecule has 0 bridgehead atoms. The van der Waals surface area contributed by atoms with Gasteiger partial charge in [0.2, 0.25) is 11.8 Å². The van der Waals surface area contributed by atoms with E-state index >= 15 is 0 Å². The minimum absolute atomic E-state index is 0.0321. The highest BCUT2D eigenvalue weighted by molar-refractivity contribution is 5.98. The van der Waals surface area contributed by atoms with Crippen LogP contribution in [0.1, 0.15) is 46.8 Å². The van der Waals surface area contributed by atoms with Crippen molar-refractivity contribution in [2.24, 2.45) is 5.92 Å². The first-order chi connectivity index (χ1) is 17.9. The number of nitrogens with one attached hydrogen (secondary N) is 1. The summed E-state index contributed by atoms with van der Waals surface area (Å²) in [6.45, 7) is 5.92. The Morgan fingerprint density at radius 2 is 1.70 bits per heavy atom.